The van der Waals surface area contributed by atoms with Crippen LogP contribution in [0.25, 0.3) is 11.4 Å². The van der Waals surface area contributed by atoms with Crippen LogP contribution in [0.15, 0.2) is 24.3 Å². The molecule has 0 spiro atoms. The highest BCUT2D eigenvalue weighted by Gasteiger charge is 2.10. The molecule has 1 heterocycles. The van der Waals surface area contributed by atoms with Crippen LogP contribution in [-0.4, -0.2) is 32.7 Å². The number of carbonyl (C=O) groups is 1. The third-order valence-corrected chi connectivity index (χ3v) is 2.07. The fourth-order valence-corrected chi connectivity index (χ4v) is 1.32. The number of nitrogens with one attached hydrogen (secondary N) is 1. The van der Waals surface area contributed by atoms with Gasteiger partial charge in [0.15, 0.2) is 0 Å². The van der Waals surface area contributed by atoms with Crippen LogP contribution in [0.2, 0.25) is 0 Å². The summed E-state index contributed by atoms with van der Waals surface area (Å²) < 4.78 is 5.08. The number of hydrogen-bond donors (Lipinski definition) is 1. The quantitative estimate of drug-likeness (QED) is 0.809. The Morgan fingerprint density at radius 1 is 1.29 bits per heavy atom. The monoisotopic (exact) mass is 232 g/mol. The van der Waals surface area contributed by atoms with Crippen molar-refractivity contribution in [3.63, 3.8) is 0 Å². The summed E-state index contributed by atoms with van der Waals surface area (Å²) in [6, 6.07) is 6.86. The Morgan fingerprint density at radius 2 is 2.00 bits per heavy atom. The lowest BCUT2D eigenvalue weighted by molar-refractivity contribution is 0.0378. The summed E-state index contributed by atoms with van der Waals surface area (Å²) in [5, 5.41) is 13.5. The van der Waals surface area contributed by atoms with E-state index in [1.165, 1.54) is 0 Å². The van der Waals surface area contributed by atoms with Crippen molar-refractivity contribution in [2.75, 3.05) is 0 Å². The second-order valence-corrected chi connectivity index (χ2v) is 3.77. The minimum absolute atomic E-state index is 0.126. The Hall–Kier alpha value is -2.24. The molecule has 2 rings (SSSR count). The van der Waals surface area contributed by atoms with Crippen LogP contribution in [0, 0.1) is 0 Å². The lowest BCUT2D eigenvalue weighted by atomic mass is 10.1. The van der Waals surface area contributed by atoms with E-state index in [4.69, 9.17) is 4.74 Å². The van der Waals surface area contributed by atoms with Gasteiger partial charge in [0.05, 0.1) is 11.7 Å². The fourth-order valence-electron chi connectivity index (χ4n) is 1.32. The summed E-state index contributed by atoms with van der Waals surface area (Å²) in [6.07, 6.45) is -0.126. The lowest BCUT2D eigenvalue weighted by Crippen LogP contribution is -2.11. The van der Waals surface area contributed by atoms with Crippen molar-refractivity contribution in [3.05, 3.63) is 29.8 Å². The van der Waals surface area contributed by atoms with Crippen LogP contribution in [0.5, 0.6) is 0 Å². The summed E-state index contributed by atoms with van der Waals surface area (Å²) in [5.74, 6) is 0.161. The van der Waals surface area contributed by atoms with Crippen LogP contribution in [0.4, 0.5) is 0 Å². The SMILES string of the molecule is CC(C)OC(=O)c1ccc(-c2nn[nH]n2)cc1. The number of esters is 1. The average molecular weight is 232 g/mol. The topological polar surface area (TPSA) is 80.8 Å². The van der Waals surface area contributed by atoms with Gasteiger partial charge in [0.1, 0.15) is 0 Å². The number of nitrogens with zero attached hydrogens (tertiary/aromatic N) is 3. The molecule has 88 valence electrons. The number of aromatic nitrogens is 4. The molecule has 0 saturated carbocycles. The number of ether oxygens (including phenoxy) is 1. The van der Waals surface area contributed by atoms with Gasteiger partial charge >= 0.3 is 5.97 Å². The predicted octanol–water partition coefficient (Wildman–Crippen LogP) is 1.43. The zero-order valence-electron chi connectivity index (χ0n) is 9.54. The number of carbonyl (C=O) groups excluding carboxylic acids is 1. The Labute approximate surface area is 98.0 Å². The van der Waals surface area contributed by atoms with Crippen molar-refractivity contribution in [1.29, 1.82) is 0 Å². The lowest BCUT2D eigenvalue weighted by Gasteiger charge is -2.07. The normalized spacial score (nSPS) is 10.5. The number of hydrogen-bond acceptors (Lipinski definition) is 5. The van der Waals surface area contributed by atoms with E-state index in [1.54, 1.807) is 24.3 Å². The molecular weight excluding hydrogens is 220 g/mol. The molecule has 0 aliphatic heterocycles. The largest absolute Gasteiger partial charge is 0.459 e. The minimum Gasteiger partial charge on any atom is -0.459 e. The molecule has 17 heavy (non-hydrogen) atoms. The Kier molecular flexibility index (Phi) is 3.13. The average Bonchev–Trinajstić information content (AvgIpc) is 2.82. The second kappa shape index (κ2) is 4.73. The number of aromatic amines is 1. The van der Waals surface area contributed by atoms with Gasteiger partial charge in [-0.15, -0.1) is 10.2 Å². The Balaban J connectivity index is 2.16. The fraction of sp³-hybridized carbons (Fsp3) is 0.273. The molecule has 6 heteroatoms. The first-order valence-electron chi connectivity index (χ1n) is 5.21. The Morgan fingerprint density at radius 3 is 2.53 bits per heavy atom. The molecule has 1 aromatic heterocycles. The molecule has 0 fully saturated rings. The molecule has 0 unspecified atom stereocenters. The van der Waals surface area contributed by atoms with Crippen molar-refractivity contribution in [1.82, 2.24) is 20.6 Å². The molecule has 2 aromatic rings. The smallest absolute Gasteiger partial charge is 0.338 e. The van der Waals surface area contributed by atoms with E-state index in [9.17, 15) is 4.79 Å². The first-order valence-corrected chi connectivity index (χ1v) is 5.21. The van der Waals surface area contributed by atoms with Gasteiger partial charge in [0.2, 0.25) is 5.82 Å². The third kappa shape index (κ3) is 2.66. The number of H-pyrrole nitrogens is 1. The van der Waals surface area contributed by atoms with E-state index in [1.807, 2.05) is 13.8 Å². The molecule has 0 radical (unpaired) electrons. The minimum atomic E-state index is -0.334. The number of rotatable bonds is 3. The maximum Gasteiger partial charge on any atom is 0.338 e. The van der Waals surface area contributed by atoms with Crippen LogP contribution in [-0.2, 0) is 4.74 Å². The summed E-state index contributed by atoms with van der Waals surface area (Å²) in [7, 11) is 0. The summed E-state index contributed by atoms with van der Waals surface area (Å²) in [4.78, 5) is 11.6. The highest BCUT2D eigenvalue weighted by Crippen LogP contribution is 2.14. The van der Waals surface area contributed by atoms with Crippen molar-refractivity contribution >= 4 is 5.97 Å². The molecule has 1 N–H and O–H groups in total. The van der Waals surface area contributed by atoms with Gasteiger partial charge in [-0.3, -0.25) is 0 Å². The number of tetrazole rings is 1. The third-order valence-electron chi connectivity index (χ3n) is 2.07. The predicted molar refractivity (Wildman–Crippen MR) is 60.2 cm³/mol. The first kappa shape index (κ1) is 11.3. The first-order chi connectivity index (χ1) is 8.16. The maximum atomic E-state index is 11.6. The second-order valence-electron chi connectivity index (χ2n) is 3.77. The zero-order valence-corrected chi connectivity index (χ0v) is 9.54. The van der Waals surface area contributed by atoms with Crippen molar-refractivity contribution in [2.45, 2.75) is 20.0 Å². The standard InChI is InChI=1S/C11H12N4O2/c1-7(2)17-11(16)9-5-3-8(4-6-9)10-12-14-15-13-10/h3-7H,1-2H3,(H,12,13,14,15). The molecule has 1 aromatic carbocycles. The van der Waals surface area contributed by atoms with E-state index in [0.717, 1.165) is 5.56 Å². The van der Waals surface area contributed by atoms with E-state index < -0.39 is 0 Å². The molecule has 6 nitrogen and oxygen atoms in total. The Bertz CT molecular complexity index is 491. The molecule has 0 aliphatic carbocycles. The van der Waals surface area contributed by atoms with Gasteiger partial charge in [0, 0.05) is 5.56 Å². The molecule has 0 bridgehead atoms. The maximum absolute atomic E-state index is 11.6. The van der Waals surface area contributed by atoms with Crippen molar-refractivity contribution < 1.29 is 9.53 Å². The molecule has 0 atom stereocenters. The van der Waals surface area contributed by atoms with Gasteiger partial charge < -0.3 is 4.74 Å². The van der Waals surface area contributed by atoms with Gasteiger partial charge in [-0.25, -0.2) is 4.79 Å². The van der Waals surface area contributed by atoms with E-state index in [2.05, 4.69) is 20.6 Å². The molecule has 0 amide bonds. The van der Waals surface area contributed by atoms with Crippen LogP contribution < -0.4 is 0 Å². The van der Waals surface area contributed by atoms with E-state index in [0.29, 0.717) is 11.4 Å². The number of benzene rings is 1. The van der Waals surface area contributed by atoms with E-state index in [-0.39, 0.29) is 12.1 Å². The molecule has 0 saturated heterocycles. The van der Waals surface area contributed by atoms with Crippen LogP contribution in [0.3, 0.4) is 0 Å². The summed E-state index contributed by atoms with van der Waals surface area (Å²) in [6.45, 7) is 3.62. The van der Waals surface area contributed by atoms with E-state index >= 15 is 0 Å². The highest BCUT2D eigenvalue weighted by molar-refractivity contribution is 5.90. The van der Waals surface area contributed by atoms with Gasteiger partial charge in [-0.2, -0.15) is 5.21 Å². The molecule has 0 aliphatic rings. The summed E-state index contributed by atoms with van der Waals surface area (Å²) in [5.41, 5.74) is 1.30. The van der Waals surface area contributed by atoms with Crippen LogP contribution in [0.1, 0.15) is 24.2 Å². The zero-order chi connectivity index (χ0) is 12.3. The van der Waals surface area contributed by atoms with Gasteiger partial charge in [-0.05, 0) is 31.2 Å². The van der Waals surface area contributed by atoms with Crippen molar-refractivity contribution in [3.8, 4) is 11.4 Å². The van der Waals surface area contributed by atoms with Gasteiger partial charge in [-0.1, -0.05) is 12.1 Å². The van der Waals surface area contributed by atoms with Crippen molar-refractivity contribution in [2.24, 2.45) is 0 Å². The highest BCUT2D eigenvalue weighted by atomic mass is 16.5. The molecular formula is C11H12N4O2. The van der Waals surface area contributed by atoms with Gasteiger partial charge in [0.25, 0.3) is 0 Å². The van der Waals surface area contributed by atoms with Crippen LogP contribution >= 0.6 is 0 Å². The summed E-state index contributed by atoms with van der Waals surface area (Å²) >= 11 is 0.